The first kappa shape index (κ1) is 11.1. The SMILES string of the molecule is Cc1ccc2c(c1)C(O)CC1(CCCCC1)O2. The van der Waals surface area contributed by atoms with E-state index in [4.69, 9.17) is 4.74 Å². The van der Waals surface area contributed by atoms with Crippen LogP contribution in [0.25, 0.3) is 0 Å². The van der Waals surface area contributed by atoms with Gasteiger partial charge < -0.3 is 9.84 Å². The molecule has 1 atom stereocenters. The number of aliphatic hydroxyl groups is 1. The van der Waals surface area contributed by atoms with Crippen LogP contribution in [0.2, 0.25) is 0 Å². The minimum atomic E-state index is -0.350. The molecule has 1 unspecified atom stereocenters. The van der Waals surface area contributed by atoms with E-state index < -0.39 is 0 Å². The van der Waals surface area contributed by atoms with E-state index in [1.165, 1.54) is 24.8 Å². The summed E-state index contributed by atoms with van der Waals surface area (Å²) in [5, 5.41) is 10.3. The van der Waals surface area contributed by atoms with Crippen LogP contribution in [0.1, 0.15) is 55.8 Å². The number of fused-ring (bicyclic) bond motifs is 1. The Hall–Kier alpha value is -1.02. The van der Waals surface area contributed by atoms with Gasteiger partial charge in [-0.3, -0.25) is 0 Å². The highest BCUT2D eigenvalue weighted by Crippen LogP contribution is 2.46. The van der Waals surface area contributed by atoms with Crippen LogP contribution in [0.3, 0.4) is 0 Å². The Labute approximate surface area is 103 Å². The first-order chi connectivity index (χ1) is 8.19. The zero-order valence-corrected chi connectivity index (χ0v) is 10.4. The molecule has 1 spiro atoms. The zero-order chi connectivity index (χ0) is 11.9. The molecule has 1 aromatic rings. The topological polar surface area (TPSA) is 29.5 Å². The lowest BCUT2D eigenvalue weighted by molar-refractivity contribution is -0.0381. The highest BCUT2D eigenvalue weighted by Gasteiger charge is 2.41. The highest BCUT2D eigenvalue weighted by molar-refractivity contribution is 5.40. The number of hydrogen-bond donors (Lipinski definition) is 1. The van der Waals surface area contributed by atoms with E-state index in [9.17, 15) is 5.11 Å². The van der Waals surface area contributed by atoms with Crippen molar-refractivity contribution in [1.29, 1.82) is 0 Å². The molecule has 3 rings (SSSR count). The van der Waals surface area contributed by atoms with Crippen LogP contribution in [0.4, 0.5) is 0 Å². The maximum Gasteiger partial charge on any atom is 0.125 e. The third kappa shape index (κ3) is 1.95. The Morgan fingerprint density at radius 2 is 2.00 bits per heavy atom. The highest BCUT2D eigenvalue weighted by atomic mass is 16.5. The van der Waals surface area contributed by atoms with Gasteiger partial charge in [0.05, 0.1) is 6.10 Å². The van der Waals surface area contributed by atoms with Crippen molar-refractivity contribution in [2.24, 2.45) is 0 Å². The summed E-state index contributed by atoms with van der Waals surface area (Å²) < 4.78 is 6.23. The fraction of sp³-hybridized carbons (Fsp3) is 0.600. The van der Waals surface area contributed by atoms with Gasteiger partial charge in [0, 0.05) is 12.0 Å². The van der Waals surface area contributed by atoms with Crippen LogP contribution in [0.15, 0.2) is 18.2 Å². The normalized spacial score (nSPS) is 26.4. The van der Waals surface area contributed by atoms with Crippen LogP contribution in [0.5, 0.6) is 5.75 Å². The molecular formula is C15H20O2. The number of benzene rings is 1. The number of hydrogen-bond acceptors (Lipinski definition) is 2. The van der Waals surface area contributed by atoms with Crippen molar-refractivity contribution in [2.45, 2.75) is 57.2 Å². The summed E-state index contributed by atoms with van der Waals surface area (Å²) in [6, 6.07) is 6.13. The molecule has 2 heteroatoms. The summed E-state index contributed by atoms with van der Waals surface area (Å²) in [7, 11) is 0. The molecule has 1 heterocycles. The minimum Gasteiger partial charge on any atom is -0.487 e. The van der Waals surface area contributed by atoms with Crippen molar-refractivity contribution >= 4 is 0 Å². The van der Waals surface area contributed by atoms with Gasteiger partial charge in [0.15, 0.2) is 0 Å². The summed E-state index contributed by atoms with van der Waals surface area (Å²) in [4.78, 5) is 0. The average Bonchev–Trinajstić information content (AvgIpc) is 2.31. The van der Waals surface area contributed by atoms with E-state index in [0.29, 0.717) is 0 Å². The van der Waals surface area contributed by atoms with Crippen LogP contribution in [-0.2, 0) is 0 Å². The predicted octanol–water partition coefficient (Wildman–Crippen LogP) is 3.51. The lowest BCUT2D eigenvalue weighted by Crippen LogP contribution is -2.42. The van der Waals surface area contributed by atoms with Gasteiger partial charge in [-0.2, -0.15) is 0 Å². The Morgan fingerprint density at radius 1 is 1.24 bits per heavy atom. The zero-order valence-electron chi connectivity index (χ0n) is 10.4. The molecule has 0 aromatic heterocycles. The van der Waals surface area contributed by atoms with Gasteiger partial charge in [0.1, 0.15) is 11.4 Å². The average molecular weight is 232 g/mol. The Morgan fingerprint density at radius 3 is 2.76 bits per heavy atom. The van der Waals surface area contributed by atoms with Crippen molar-refractivity contribution in [3.63, 3.8) is 0 Å². The predicted molar refractivity (Wildman–Crippen MR) is 67.2 cm³/mol. The largest absolute Gasteiger partial charge is 0.487 e. The Kier molecular flexibility index (Phi) is 2.62. The molecule has 0 radical (unpaired) electrons. The molecule has 92 valence electrons. The Bertz CT molecular complexity index is 419. The van der Waals surface area contributed by atoms with Crippen LogP contribution < -0.4 is 4.74 Å². The maximum atomic E-state index is 10.3. The molecule has 1 N–H and O–H groups in total. The minimum absolute atomic E-state index is 0.0834. The van der Waals surface area contributed by atoms with Crippen LogP contribution >= 0.6 is 0 Å². The lowest BCUT2D eigenvalue weighted by atomic mass is 9.78. The van der Waals surface area contributed by atoms with Gasteiger partial charge in [-0.1, -0.05) is 18.1 Å². The van der Waals surface area contributed by atoms with Crippen molar-refractivity contribution in [2.75, 3.05) is 0 Å². The number of rotatable bonds is 0. The van der Waals surface area contributed by atoms with Crippen LogP contribution in [-0.4, -0.2) is 10.7 Å². The second-order valence-electron chi connectivity index (χ2n) is 5.61. The monoisotopic (exact) mass is 232 g/mol. The first-order valence-corrected chi connectivity index (χ1v) is 6.66. The van der Waals surface area contributed by atoms with Gasteiger partial charge in [0.2, 0.25) is 0 Å². The van der Waals surface area contributed by atoms with Gasteiger partial charge in [-0.25, -0.2) is 0 Å². The molecule has 1 fully saturated rings. The van der Waals surface area contributed by atoms with E-state index >= 15 is 0 Å². The third-order valence-corrected chi connectivity index (χ3v) is 4.18. The van der Waals surface area contributed by atoms with Gasteiger partial charge in [-0.05, 0) is 44.7 Å². The second-order valence-corrected chi connectivity index (χ2v) is 5.61. The summed E-state index contributed by atoms with van der Waals surface area (Å²) in [6.07, 6.45) is 6.37. The smallest absolute Gasteiger partial charge is 0.125 e. The van der Waals surface area contributed by atoms with Crippen molar-refractivity contribution < 1.29 is 9.84 Å². The molecule has 17 heavy (non-hydrogen) atoms. The molecule has 0 bridgehead atoms. The molecule has 2 aliphatic rings. The second kappa shape index (κ2) is 4.02. The molecule has 0 amide bonds. The molecule has 2 nitrogen and oxygen atoms in total. The Balaban J connectivity index is 1.94. The van der Waals surface area contributed by atoms with Gasteiger partial charge in [-0.15, -0.1) is 0 Å². The quantitative estimate of drug-likeness (QED) is 0.741. The third-order valence-electron chi connectivity index (χ3n) is 4.18. The van der Waals surface area contributed by atoms with Gasteiger partial charge >= 0.3 is 0 Å². The van der Waals surface area contributed by atoms with E-state index in [0.717, 1.165) is 30.6 Å². The molecule has 1 saturated carbocycles. The fourth-order valence-corrected chi connectivity index (χ4v) is 3.26. The van der Waals surface area contributed by atoms with Crippen molar-refractivity contribution in [3.05, 3.63) is 29.3 Å². The van der Waals surface area contributed by atoms with E-state index in [-0.39, 0.29) is 11.7 Å². The van der Waals surface area contributed by atoms with Crippen molar-refractivity contribution in [3.8, 4) is 5.75 Å². The first-order valence-electron chi connectivity index (χ1n) is 6.66. The van der Waals surface area contributed by atoms with Crippen molar-refractivity contribution in [1.82, 2.24) is 0 Å². The fourth-order valence-electron chi connectivity index (χ4n) is 3.26. The number of aliphatic hydroxyl groups excluding tert-OH is 1. The van der Waals surface area contributed by atoms with Crippen LogP contribution in [0, 0.1) is 6.92 Å². The molecule has 1 aromatic carbocycles. The number of ether oxygens (including phenoxy) is 1. The molecule has 0 saturated heterocycles. The summed E-state index contributed by atoms with van der Waals surface area (Å²) in [5.74, 6) is 0.899. The standard InChI is InChI=1S/C15H20O2/c1-11-5-6-14-12(9-11)13(16)10-15(17-14)7-3-2-4-8-15/h5-6,9,13,16H,2-4,7-8,10H2,1H3. The molecular weight excluding hydrogens is 212 g/mol. The van der Waals surface area contributed by atoms with E-state index in [2.05, 4.69) is 19.1 Å². The molecule has 1 aliphatic carbocycles. The van der Waals surface area contributed by atoms with Gasteiger partial charge in [0.25, 0.3) is 0 Å². The van der Waals surface area contributed by atoms with E-state index in [1.807, 2.05) is 6.07 Å². The summed E-state index contributed by atoms with van der Waals surface area (Å²) >= 11 is 0. The summed E-state index contributed by atoms with van der Waals surface area (Å²) in [5.41, 5.74) is 2.08. The number of aryl methyl sites for hydroxylation is 1. The van der Waals surface area contributed by atoms with E-state index in [1.54, 1.807) is 0 Å². The molecule has 1 aliphatic heterocycles. The lowest BCUT2D eigenvalue weighted by Gasteiger charge is -2.43. The maximum absolute atomic E-state index is 10.3. The summed E-state index contributed by atoms with van der Waals surface area (Å²) in [6.45, 7) is 2.05.